The van der Waals surface area contributed by atoms with Crippen molar-refractivity contribution >= 4 is 0 Å². The third-order valence-corrected chi connectivity index (χ3v) is 5.68. The number of rotatable bonds is 3. The van der Waals surface area contributed by atoms with Gasteiger partial charge >= 0.3 is 0 Å². The monoisotopic (exact) mass is 287 g/mol. The normalized spacial score (nSPS) is 29.4. The van der Waals surface area contributed by atoms with E-state index >= 15 is 0 Å². The number of aromatic nitrogens is 2. The Kier molecular flexibility index (Phi) is 4.58. The van der Waals surface area contributed by atoms with Crippen LogP contribution in [0.25, 0.3) is 0 Å². The molecule has 1 unspecified atom stereocenters. The minimum absolute atomic E-state index is 0.595. The van der Waals surface area contributed by atoms with Crippen molar-refractivity contribution in [2.75, 3.05) is 6.54 Å². The average molecular weight is 287 g/mol. The predicted molar refractivity (Wildman–Crippen MR) is 86.1 cm³/mol. The quantitative estimate of drug-likeness (QED) is 0.926. The maximum absolute atomic E-state index is 5.80. The molecule has 1 saturated carbocycles. The van der Waals surface area contributed by atoms with Gasteiger partial charge in [-0.2, -0.15) is 0 Å². The minimum atomic E-state index is 0.595. The molecule has 0 aliphatic heterocycles. The molecule has 1 aromatic heterocycles. The summed E-state index contributed by atoms with van der Waals surface area (Å²) in [4.78, 5) is 9.63. The Balaban J connectivity index is 1.68. The highest BCUT2D eigenvalue weighted by Crippen LogP contribution is 2.37. The van der Waals surface area contributed by atoms with Gasteiger partial charge in [-0.05, 0) is 74.8 Å². The molecule has 3 rings (SSSR count). The second-order valence-corrected chi connectivity index (χ2v) is 7.40. The van der Waals surface area contributed by atoms with Crippen LogP contribution in [-0.2, 0) is 12.8 Å². The largest absolute Gasteiger partial charge is 0.330 e. The number of nitrogens with two attached hydrogens (primary N) is 1. The van der Waals surface area contributed by atoms with Crippen molar-refractivity contribution in [2.24, 2.45) is 23.5 Å². The van der Waals surface area contributed by atoms with Gasteiger partial charge in [-0.3, -0.25) is 0 Å². The van der Waals surface area contributed by atoms with E-state index in [4.69, 9.17) is 15.7 Å². The molecule has 1 heterocycles. The van der Waals surface area contributed by atoms with Crippen LogP contribution in [-0.4, -0.2) is 16.5 Å². The van der Waals surface area contributed by atoms with Crippen LogP contribution in [0.1, 0.15) is 69.0 Å². The summed E-state index contributed by atoms with van der Waals surface area (Å²) < 4.78 is 0. The number of aryl methyl sites for hydroxylation is 1. The molecule has 0 radical (unpaired) electrons. The molecule has 0 aromatic carbocycles. The fraction of sp³-hybridized carbons (Fsp3) is 0.778. The van der Waals surface area contributed by atoms with E-state index in [-0.39, 0.29) is 0 Å². The molecule has 1 aromatic rings. The molecule has 1 fully saturated rings. The maximum atomic E-state index is 5.80. The number of hydrogen-bond acceptors (Lipinski definition) is 3. The standard InChI is InChI=1S/C18H29N3/c1-12(2)14-4-6-15(7-5-14)18-20-11-16-9-13(10-19)3-8-17(16)21-18/h11-15H,3-10,19H2,1-2H3. The molecule has 2 N–H and O–H groups in total. The first-order valence-electron chi connectivity index (χ1n) is 8.72. The Hall–Kier alpha value is -0.960. The zero-order valence-electron chi connectivity index (χ0n) is 13.5. The summed E-state index contributed by atoms with van der Waals surface area (Å²) in [5.74, 6) is 4.07. The highest BCUT2D eigenvalue weighted by molar-refractivity contribution is 5.22. The van der Waals surface area contributed by atoms with E-state index in [1.807, 2.05) is 0 Å². The van der Waals surface area contributed by atoms with Gasteiger partial charge in [-0.25, -0.2) is 9.97 Å². The van der Waals surface area contributed by atoms with Crippen molar-refractivity contribution in [1.82, 2.24) is 9.97 Å². The summed E-state index contributed by atoms with van der Waals surface area (Å²) in [5, 5.41) is 0. The summed E-state index contributed by atoms with van der Waals surface area (Å²) in [6, 6.07) is 0. The molecular weight excluding hydrogens is 258 g/mol. The Morgan fingerprint density at radius 1 is 1.19 bits per heavy atom. The summed E-state index contributed by atoms with van der Waals surface area (Å²) in [5.41, 5.74) is 8.45. The number of hydrogen-bond donors (Lipinski definition) is 1. The van der Waals surface area contributed by atoms with Gasteiger partial charge in [0, 0.05) is 17.8 Å². The Bertz CT molecular complexity index is 475. The Morgan fingerprint density at radius 3 is 2.62 bits per heavy atom. The van der Waals surface area contributed by atoms with Crippen LogP contribution in [0.15, 0.2) is 6.20 Å². The SMILES string of the molecule is CC(C)C1CCC(c2ncc3c(n2)CCC(CN)C3)CC1. The van der Waals surface area contributed by atoms with E-state index in [9.17, 15) is 0 Å². The predicted octanol–water partition coefficient (Wildman–Crippen LogP) is 3.47. The maximum Gasteiger partial charge on any atom is 0.131 e. The molecule has 0 amide bonds. The van der Waals surface area contributed by atoms with E-state index in [0.29, 0.717) is 11.8 Å². The summed E-state index contributed by atoms with van der Waals surface area (Å²) in [6.45, 7) is 5.50. The molecule has 3 heteroatoms. The Morgan fingerprint density at radius 2 is 1.95 bits per heavy atom. The first kappa shape index (κ1) is 15.0. The van der Waals surface area contributed by atoms with Crippen molar-refractivity contribution in [1.29, 1.82) is 0 Å². The van der Waals surface area contributed by atoms with E-state index < -0.39 is 0 Å². The molecule has 2 aliphatic rings. The Labute approximate surface area is 128 Å². The van der Waals surface area contributed by atoms with Crippen LogP contribution in [0.5, 0.6) is 0 Å². The lowest BCUT2D eigenvalue weighted by Gasteiger charge is -2.30. The van der Waals surface area contributed by atoms with Gasteiger partial charge in [-0.1, -0.05) is 13.8 Å². The topological polar surface area (TPSA) is 51.8 Å². The first-order valence-corrected chi connectivity index (χ1v) is 8.72. The lowest BCUT2D eigenvalue weighted by molar-refractivity contribution is 0.254. The van der Waals surface area contributed by atoms with Crippen molar-refractivity contribution in [3.63, 3.8) is 0 Å². The van der Waals surface area contributed by atoms with Gasteiger partial charge in [0.15, 0.2) is 0 Å². The molecule has 2 aliphatic carbocycles. The summed E-state index contributed by atoms with van der Waals surface area (Å²) in [7, 11) is 0. The van der Waals surface area contributed by atoms with Gasteiger partial charge in [0.05, 0.1) is 0 Å². The summed E-state index contributed by atoms with van der Waals surface area (Å²) >= 11 is 0. The highest BCUT2D eigenvalue weighted by Gasteiger charge is 2.27. The number of fused-ring (bicyclic) bond motifs is 1. The van der Waals surface area contributed by atoms with Crippen molar-refractivity contribution < 1.29 is 0 Å². The van der Waals surface area contributed by atoms with Crippen LogP contribution >= 0.6 is 0 Å². The molecule has 3 nitrogen and oxygen atoms in total. The molecule has 1 atom stereocenters. The van der Waals surface area contributed by atoms with Crippen molar-refractivity contribution in [3.05, 3.63) is 23.3 Å². The molecule has 0 saturated heterocycles. The second-order valence-electron chi connectivity index (χ2n) is 7.40. The van der Waals surface area contributed by atoms with Crippen LogP contribution in [0.2, 0.25) is 0 Å². The molecule has 116 valence electrons. The van der Waals surface area contributed by atoms with Crippen molar-refractivity contribution in [3.8, 4) is 0 Å². The smallest absolute Gasteiger partial charge is 0.131 e. The lowest BCUT2D eigenvalue weighted by Crippen LogP contribution is -2.24. The van der Waals surface area contributed by atoms with Gasteiger partial charge in [-0.15, -0.1) is 0 Å². The first-order chi connectivity index (χ1) is 10.2. The van der Waals surface area contributed by atoms with Crippen molar-refractivity contribution in [2.45, 2.75) is 64.7 Å². The summed E-state index contributed by atoms with van der Waals surface area (Å²) in [6.07, 6.45) is 10.7. The van der Waals surface area contributed by atoms with Crippen LogP contribution in [0.4, 0.5) is 0 Å². The molecule has 21 heavy (non-hydrogen) atoms. The molecule has 0 bridgehead atoms. The lowest BCUT2D eigenvalue weighted by atomic mass is 9.76. The fourth-order valence-electron chi connectivity index (χ4n) is 4.04. The van der Waals surface area contributed by atoms with Gasteiger partial charge in [0.1, 0.15) is 5.82 Å². The minimum Gasteiger partial charge on any atom is -0.330 e. The third-order valence-electron chi connectivity index (χ3n) is 5.68. The van der Waals surface area contributed by atoms with Gasteiger partial charge in [0.25, 0.3) is 0 Å². The van der Waals surface area contributed by atoms with E-state index in [2.05, 4.69) is 20.0 Å². The third kappa shape index (κ3) is 3.28. The highest BCUT2D eigenvalue weighted by atomic mass is 14.9. The van der Waals surface area contributed by atoms with E-state index in [0.717, 1.165) is 37.0 Å². The zero-order chi connectivity index (χ0) is 14.8. The number of nitrogens with zero attached hydrogens (tertiary/aromatic N) is 2. The van der Waals surface area contributed by atoms with E-state index in [1.165, 1.54) is 43.4 Å². The zero-order valence-corrected chi connectivity index (χ0v) is 13.5. The fourth-order valence-corrected chi connectivity index (χ4v) is 4.04. The van der Waals surface area contributed by atoms with E-state index in [1.54, 1.807) is 0 Å². The van der Waals surface area contributed by atoms with Crippen LogP contribution in [0, 0.1) is 17.8 Å². The van der Waals surface area contributed by atoms with Gasteiger partial charge < -0.3 is 5.73 Å². The second kappa shape index (κ2) is 6.43. The average Bonchev–Trinajstić information content (AvgIpc) is 2.54. The molecule has 0 spiro atoms. The van der Waals surface area contributed by atoms with Crippen LogP contribution in [0.3, 0.4) is 0 Å². The van der Waals surface area contributed by atoms with Gasteiger partial charge in [0.2, 0.25) is 0 Å². The molecular formula is C18H29N3. The van der Waals surface area contributed by atoms with Crippen LogP contribution < -0.4 is 5.73 Å².